The molecule has 0 heterocycles. The predicted octanol–water partition coefficient (Wildman–Crippen LogP) is 1.35. The lowest BCUT2D eigenvalue weighted by Crippen LogP contribution is -2.35. The van der Waals surface area contributed by atoms with Crippen molar-refractivity contribution in [3.05, 3.63) is 0 Å². The van der Waals surface area contributed by atoms with Gasteiger partial charge in [0.05, 0.1) is 12.2 Å². The maximum atomic E-state index is 12.0. The van der Waals surface area contributed by atoms with Gasteiger partial charge in [-0.2, -0.15) is 0 Å². The van der Waals surface area contributed by atoms with Gasteiger partial charge in [0.25, 0.3) is 0 Å². The number of nitrogens with one attached hydrogen (secondary N) is 1. The molecule has 0 spiro atoms. The molecule has 1 amide bonds. The summed E-state index contributed by atoms with van der Waals surface area (Å²) in [5, 5.41) is 11.3. The van der Waals surface area contributed by atoms with Gasteiger partial charge in [0.1, 0.15) is 13.3 Å². The summed E-state index contributed by atoms with van der Waals surface area (Å²) < 4.78 is 10.4. The molecule has 2 N–H and O–H groups in total. The maximum absolute atomic E-state index is 12.0. The molecule has 0 fully saturated rings. The zero-order chi connectivity index (χ0) is 17.1. The minimum absolute atomic E-state index is 0.0288. The van der Waals surface area contributed by atoms with Crippen molar-refractivity contribution >= 4 is 17.7 Å². The molecule has 0 unspecified atom stereocenters. The molecule has 0 radical (unpaired) electrons. The molecule has 0 saturated carbocycles. The molecule has 0 aromatic rings. The van der Waals surface area contributed by atoms with E-state index in [-0.39, 0.29) is 56.5 Å². The number of hydrogen-bond acceptors (Lipinski definition) is 5. The van der Waals surface area contributed by atoms with Crippen LogP contribution >= 0.6 is 0 Å². The number of Topliss-reactive ketones (excluding diaryl/α,β-unsaturated/α-hetero) is 1. The number of carbonyl (C=O) groups is 3. The summed E-state index contributed by atoms with van der Waals surface area (Å²) in [5.41, 5.74) is 0. The van der Waals surface area contributed by atoms with Crippen molar-refractivity contribution in [3.63, 3.8) is 0 Å². The summed E-state index contributed by atoms with van der Waals surface area (Å²) in [6.07, 6.45) is -0.195. The van der Waals surface area contributed by atoms with E-state index in [9.17, 15) is 14.4 Å². The highest BCUT2D eigenvalue weighted by Gasteiger charge is 2.23. The van der Waals surface area contributed by atoms with Crippen molar-refractivity contribution in [1.29, 1.82) is 0 Å². The fourth-order valence-electron chi connectivity index (χ4n) is 1.64. The van der Waals surface area contributed by atoms with Crippen molar-refractivity contribution in [2.45, 2.75) is 59.2 Å². The molecule has 7 nitrogen and oxygen atoms in total. The van der Waals surface area contributed by atoms with Crippen molar-refractivity contribution < 1.29 is 29.0 Å². The van der Waals surface area contributed by atoms with Crippen LogP contribution in [-0.4, -0.2) is 48.3 Å². The molecular weight excluding hydrogens is 290 g/mol. The van der Waals surface area contributed by atoms with E-state index in [1.165, 1.54) is 0 Å². The minimum atomic E-state index is -0.998. The van der Waals surface area contributed by atoms with E-state index in [1.807, 2.05) is 27.7 Å². The molecule has 0 saturated heterocycles. The van der Waals surface area contributed by atoms with Crippen LogP contribution in [0, 0.1) is 5.92 Å². The first-order chi connectivity index (χ1) is 10.2. The number of carboxylic acid groups (broad SMARTS) is 1. The van der Waals surface area contributed by atoms with Gasteiger partial charge < -0.3 is 19.9 Å². The number of rotatable bonds is 12. The molecule has 0 aliphatic rings. The van der Waals surface area contributed by atoms with Crippen molar-refractivity contribution in [2.24, 2.45) is 5.92 Å². The molecule has 128 valence electrons. The van der Waals surface area contributed by atoms with Gasteiger partial charge >= 0.3 is 5.97 Å². The van der Waals surface area contributed by atoms with Crippen LogP contribution in [0.15, 0.2) is 0 Å². The number of carboxylic acids is 1. The monoisotopic (exact) mass is 317 g/mol. The third-order valence-electron chi connectivity index (χ3n) is 2.79. The Morgan fingerprint density at radius 1 is 1.05 bits per heavy atom. The summed E-state index contributed by atoms with van der Waals surface area (Å²) in [6.45, 7) is 7.26. The fraction of sp³-hybridized carbons (Fsp3) is 0.800. The Labute approximate surface area is 131 Å². The average Bonchev–Trinajstić information content (AvgIpc) is 2.40. The first-order valence-electron chi connectivity index (χ1n) is 7.46. The Bertz CT molecular complexity index is 367. The van der Waals surface area contributed by atoms with Crippen LogP contribution in [0.1, 0.15) is 47.0 Å². The number of aliphatic carboxylic acids is 1. The normalized spacial score (nSPS) is 12.5. The highest BCUT2D eigenvalue weighted by molar-refractivity contribution is 5.87. The number of carbonyl (C=O) groups excluding carboxylic acids is 2. The molecule has 0 aromatic carbocycles. The molecule has 0 aliphatic carbocycles. The van der Waals surface area contributed by atoms with E-state index in [0.717, 1.165) is 0 Å². The van der Waals surface area contributed by atoms with Crippen LogP contribution in [0.2, 0.25) is 0 Å². The zero-order valence-electron chi connectivity index (χ0n) is 13.8. The smallest absolute Gasteiger partial charge is 0.303 e. The van der Waals surface area contributed by atoms with Crippen LogP contribution in [0.5, 0.6) is 0 Å². The topological polar surface area (TPSA) is 102 Å². The Hall–Kier alpha value is -1.47. The largest absolute Gasteiger partial charge is 0.481 e. The van der Waals surface area contributed by atoms with Gasteiger partial charge in [0.2, 0.25) is 5.91 Å². The summed E-state index contributed by atoms with van der Waals surface area (Å²) >= 11 is 0. The molecule has 1 atom stereocenters. The highest BCUT2D eigenvalue weighted by atomic mass is 16.5. The molecule has 0 aliphatic heterocycles. The van der Waals surface area contributed by atoms with Crippen LogP contribution in [0.3, 0.4) is 0 Å². The number of amides is 1. The summed E-state index contributed by atoms with van der Waals surface area (Å²) in [4.78, 5) is 34.5. The highest BCUT2D eigenvalue weighted by Crippen LogP contribution is 2.13. The quantitative estimate of drug-likeness (QED) is 0.527. The van der Waals surface area contributed by atoms with E-state index in [4.69, 9.17) is 14.6 Å². The fourth-order valence-corrected chi connectivity index (χ4v) is 1.64. The Morgan fingerprint density at radius 2 is 1.64 bits per heavy atom. The van der Waals surface area contributed by atoms with Gasteiger partial charge in [0.15, 0.2) is 5.78 Å². The van der Waals surface area contributed by atoms with Gasteiger partial charge in [0, 0.05) is 18.8 Å². The Balaban J connectivity index is 4.43. The Morgan fingerprint density at radius 3 is 2.14 bits per heavy atom. The molecule has 0 bridgehead atoms. The number of ether oxygens (including phenoxy) is 2. The van der Waals surface area contributed by atoms with Crippen LogP contribution in [0.4, 0.5) is 0 Å². The standard InChI is InChI=1S/C15H27NO6/c1-10(2)21-8-13(17)7-12(5-6-14(18)19)15(20)16-9-22-11(3)4/h10-12H,5-9H2,1-4H3,(H,16,20)(H,18,19)/t12-/m1/s1. The summed E-state index contributed by atoms with van der Waals surface area (Å²) in [5.74, 6) is -2.28. The van der Waals surface area contributed by atoms with E-state index in [2.05, 4.69) is 5.32 Å². The van der Waals surface area contributed by atoms with Crippen molar-refractivity contribution in [3.8, 4) is 0 Å². The maximum Gasteiger partial charge on any atom is 0.303 e. The van der Waals surface area contributed by atoms with E-state index in [0.29, 0.717) is 0 Å². The van der Waals surface area contributed by atoms with Gasteiger partial charge in [-0.1, -0.05) is 0 Å². The molecule has 7 heteroatoms. The van der Waals surface area contributed by atoms with Crippen LogP contribution < -0.4 is 5.32 Å². The minimum Gasteiger partial charge on any atom is -0.481 e. The van der Waals surface area contributed by atoms with Crippen LogP contribution in [-0.2, 0) is 23.9 Å². The molecule has 22 heavy (non-hydrogen) atoms. The second-order valence-electron chi connectivity index (χ2n) is 5.63. The van der Waals surface area contributed by atoms with E-state index >= 15 is 0 Å². The van der Waals surface area contributed by atoms with Gasteiger partial charge in [-0.15, -0.1) is 0 Å². The lowest BCUT2D eigenvalue weighted by molar-refractivity contribution is -0.138. The van der Waals surface area contributed by atoms with Crippen molar-refractivity contribution in [1.82, 2.24) is 5.32 Å². The first-order valence-corrected chi connectivity index (χ1v) is 7.46. The lowest BCUT2D eigenvalue weighted by atomic mass is 9.96. The molecule has 0 aromatic heterocycles. The number of hydrogen-bond donors (Lipinski definition) is 2. The summed E-state index contributed by atoms with van der Waals surface area (Å²) in [7, 11) is 0. The van der Waals surface area contributed by atoms with Gasteiger partial charge in [-0.25, -0.2) is 0 Å². The van der Waals surface area contributed by atoms with E-state index in [1.54, 1.807) is 0 Å². The number of ketones is 1. The van der Waals surface area contributed by atoms with Gasteiger partial charge in [-0.05, 0) is 34.1 Å². The predicted molar refractivity (Wildman–Crippen MR) is 80.3 cm³/mol. The Kier molecular flexibility index (Phi) is 10.4. The molecular formula is C15H27NO6. The van der Waals surface area contributed by atoms with E-state index < -0.39 is 11.9 Å². The summed E-state index contributed by atoms with van der Waals surface area (Å²) in [6, 6.07) is 0. The van der Waals surface area contributed by atoms with Gasteiger partial charge in [-0.3, -0.25) is 14.4 Å². The third-order valence-corrected chi connectivity index (χ3v) is 2.79. The average molecular weight is 317 g/mol. The SMILES string of the molecule is CC(C)OCNC(=O)[C@H](CCC(=O)O)CC(=O)COC(C)C. The zero-order valence-corrected chi connectivity index (χ0v) is 13.8. The van der Waals surface area contributed by atoms with Crippen LogP contribution in [0.25, 0.3) is 0 Å². The van der Waals surface area contributed by atoms with Crippen molar-refractivity contribution in [2.75, 3.05) is 13.3 Å². The second kappa shape index (κ2) is 11.1. The lowest BCUT2D eigenvalue weighted by Gasteiger charge is -2.17. The third kappa shape index (κ3) is 11.2. The molecule has 0 rings (SSSR count). The first kappa shape index (κ1) is 20.5. The second-order valence-corrected chi connectivity index (χ2v) is 5.63.